The molecule has 11 heteroatoms. The van der Waals surface area contributed by atoms with Gasteiger partial charge in [-0.3, -0.25) is 0 Å². The van der Waals surface area contributed by atoms with Gasteiger partial charge in [-0.15, -0.1) is 0 Å². The Morgan fingerprint density at radius 2 is 0.815 bits per heavy atom. The smallest absolute Gasteiger partial charge is 0.327 e. The van der Waals surface area contributed by atoms with Gasteiger partial charge in [0.2, 0.25) is 0 Å². The van der Waals surface area contributed by atoms with Gasteiger partial charge in [0.15, 0.2) is 0 Å². The number of carboxylic acid groups (broad SMARTS) is 4. The molecule has 0 fully saturated rings. The zero-order valence-corrected chi connectivity index (χ0v) is 14.8. The first kappa shape index (κ1) is 34.9. The SMILES string of the molecule is C=CC(=O)O.C=CC(=O)O.C=CC(=O)O.C=CC(=O)O.CCCC(O)(O)O. The van der Waals surface area contributed by atoms with E-state index in [1.165, 1.54) is 0 Å². The normalized spacial score (nSPS) is 7.85. The van der Waals surface area contributed by atoms with Crippen molar-refractivity contribution in [3.8, 4) is 0 Å². The predicted molar refractivity (Wildman–Crippen MR) is 95.6 cm³/mol. The van der Waals surface area contributed by atoms with Crippen molar-refractivity contribution in [2.24, 2.45) is 0 Å². The van der Waals surface area contributed by atoms with E-state index in [0.29, 0.717) is 6.42 Å². The minimum absolute atomic E-state index is 0.00694. The molecule has 7 N–H and O–H groups in total. The predicted octanol–water partition coefficient (Wildman–Crippen LogP) is 0.445. The van der Waals surface area contributed by atoms with Crippen LogP contribution in [-0.2, 0) is 19.2 Å². The molecule has 0 aliphatic carbocycles. The second-order valence-electron chi connectivity index (χ2n) is 3.69. The van der Waals surface area contributed by atoms with Crippen LogP contribution >= 0.6 is 0 Å². The lowest BCUT2D eigenvalue weighted by Gasteiger charge is -2.10. The fourth-order valence-corrected chi connectivity index (χ4v) is 0.335. The lowest BCUT2D eigenvalue weighted by molar-refractivity contribution is -0.314. The first-order valence-electron chi connectivity index (χ1n) is 6.73. The lowest BCUT2D eigenvalue weighted by Crippen LogP contribution is -2.26. The van der Waals surface area contributed by atoms with Crippen molar-refractivity contribution in [3.05, 3.63) is 50.6 Å². The Labute approximate surface area is 156 Å². The minimum atomic E-state index is -2.45. The van der Waals surface area contributed by atoms with E-state index < -0.39 is 29.9 Å². The van der Waals surface area contributed by atoms with Crippen molar-refractivity contribution in [1.82, 2.24) is 0 Å². The number of aliphatic hydroxyl groups is 3. The quantitative estimate of drug-likeness (QED) is 0.243. The molecule has 0 spiro atoms. The van der Waals surface area contributed by atoms with Crippen LogP contribution in [0.3, 0.4) is 0 Å². The summed E-state index contributed by atoms with van der Waals surface area (Å²) in [7, 11) is 0. The lowest BCUT2D eigenvalue weighted by atomic mass is 10.3. The van der Waals surface area contributed by atoms with Gasteiger partial charge in [0.25, 0.3) is 5.97 Å². The van der Waals surface area contributed by atoms with Crippen LogP contribution in [0.25, 0.3) is 0 Å². The van der Waals surface area contributed by atoms with Gasteiger partial charge in [0.05, 0.1) is 0 Å². The highest BCUT2D eigenvalue weighted by Gasteiger charge is 2.14. The van der Waals surface area contributed by atoms with Crippen molar-refractivity contribution in [2.75, 3.05) is 0 Å². The molecule has 27 heavy (non-hydrogen) atoms. The Morgan fingerprint density at radius 3 is 0.815 bits per heavy atom. The van der Waals surface area contributed by atoms with E-state index in [9.17, 15) is 19.2 Å². The van der Waals surface area contributed by atoms with E-state index in [0.717, 1.165) is 24.3 Å². The highest BCUT2D eigenvalue weighted by atomic mass is 16.7. The zero-order chi connectivity index (χ0) is 23.1. The van der Waals surface area contributed by atoms with Gasteiger partial charge >= 0.3 is 23.9 Å². The van der Waals surface area contributed by atoms with Crippen LogP contribution in [0.5, 0.6) is 0 Å². The molecule has 0 rings (SSSR count). The molecule has 0 atom stereocenters. The largest absolute Gasteiger partial charge is 0.478 e. The molecule has 0 aliphatic heterocycles. The molecule has 0 saturated heterocycles. The maximum Gasteiger partial charge on any atom is 0.327 e. The van der Waals surface area contributed by atoms with E-state index in [4.69, 9.17) is 35.7 Å². The third-order valence-electron chi connectivity index (χ3n) is 1.28. The van der Waals surface area contributed by atoms with Crippen molar-refractivity contribution in [2.45, 2.75) is 25.7 Å². The summed E-state index contributed by atoms with van der Waals surface area (Å²) in [6.45, 7) is 13.6. The van der Waals surface area contributed by atoms with Crippen molar-refractivity contribution >= 4 is 23.9 Å². The van der Waals surface area contributed by atoms with Crippen LogP contribution in [0, 0.1) is 0 Å². The Morgan fingerprint density at radius 1 is 0.667 bits per heavy atom. The summed E-state index contributed by atoms with van der Waals surface area (Å²) in [5, 5.41) is 54.8. The van der Waals surface area contributed by atoms with E-state index in [1.54, 1.807) is 6.92 Å². The van der Waals surface area contributed by atoms with Crippen LogP contribution in [0.15, 0.2) is 50.6 Å². The summed E-state index contributed by atoms with van der Waals surface area (Å²) >= 11 is 0. The summed E-state index contributed by atoms with van der Waals surface area (Å²) in [5.41, 5.74) is 0. The van der Waals surface area contributed by atoms with Crippen molar-refractivity contribution < 1.29 is 54.9 Å². The summed E-state index contributed by atoms with van der Waals surface area (Å²) in [6.07, 6.45) is 3.90. The maximum atomic E-state index is 9.25. The summed E-state index contributed by atoms with van der Waals surface area (Å²) in [6, 6.07) is 0. The summed E-state index contributed by atoms with van der Waals surface area (Å²) in [5.74, 6) is -6.38. The molecule has 0 unspecified atom stereocenters. The molecule has 0 aliphatic rings. The molecule has 0 amide bonds. The molecule has 0 heterocycles. The van der Waals surface area contributed by atoms with Crippen LogP contribution < -0.4 is 0 Å². The Hall–Kier alpha value is -3.28. The fraction of sp³-hybridized carbons (Fsp3) is 0.250. The molecule has 156 valence electrons. The van der Waals surface area contributed by atoms with Crippen LogP contribution in [0.4, 0.5) is 0 Å². The topological polar surface area (TPSA) is 210 Å². The minimum Gasteiger partial charge on any atom is -0.478 e. The molecular formula is C16H26O11. The first-order chi connectivity index (χ1) is 12.1. The standard InChI is InChI=1S/C4H10O3.4C3H4O2/c1-2-3-4(5,6)7;4*1-2-3(4)5/h5-7H,2-3H2,1H3;4*2H,1H2,(H,4,5). The van der Waals surface area contributed by atoms with Gasteiger partial charge in [-0.1, -0.05) is 33.2 Å². The number of hydrogen-bond donors (Lipinski definition) is 7. The molecule has 0 aromatic rings. The number of rotatable bonds is 6. The van der Waals surface area contributed by atoms with Crippen LogP contribution in [0.1, 0.15) is 19.8 Å². The van der Waals surface area contributed by atoms with Crippen molar-refractivity contribution in [1.29, 1.82) is 0 Å². The average molecular weight is 394 g/mol. The molecule has 0 radical (unpaired) electrons. The molecule has 0 aromatic carbocycles. The molecule has 0 bridgehead atoms. The monoisotopic (exact) mass is 394 g/mol. The van der Waals surface area contributed by atoms with Gasteiger partial charge in [-0.05, 0) is 6.42 Å². The Balaban J connectivity index is -0.0000000753. The third kappa shape index (κ3) is 128. The Kier molecular flexibility index (Phi) is 32.3. The van der Waals surface area contributed by atoms with Gasteiger partial charge in [-0.25, -0.2) is 19.2 Å². The highest BCUT2D eigenvalue weighted by molar-refractivity contribution is 5.79. The molecule has 0 aromatic heterocycles. The van der Waals surface area contributed by atoms with Gasteiger partial charge < -0.3 is 35.7 Å². The number of carbonyl (C=O) groups is 4. The van der Waals surface area contributed by atoms with Crippen molar-refractivity contribution in [3.63, 3.8) is 0 Å². The van der Waals surface area contributed by atoms with Gasteiger partial charge in [0.1, 0.15) is 0 Å². The first-order valence-corrected chi connectivity index (χ1v) is 6.73. The molecular weight excluding hydrogens is 368 g/mol. The fourth-order valence-electron chi connectivity index (χ4n) is 0.335. The number of hydrogen-bond acceptors (Lipinski definition) is 7. The van der Waals surface area contributed by atoms with E-state index in [1.807, 2.05) is 0 Å². The highest BCUT2D eigenvalue weighted by Crippen LogP contribution is 2.01. The van der Waals surface area contributed by atoms with Crippen LogP contribution in [0.2, 0.25) is 0 Å². The van der Waals surface area contributed by atoms with Gasteiger partial charge in [-0.2, -0.15) is 0 Å². The van der Waals surface area contributed by atoms with E-state index >= 15 is 0 Å². The summed E-state index contributed by atoms with van der Waals surface area (Å²) < 4.78 is 0. The average Bonchev–Trinajstić information content (AvgIpc) is 2.55. The summed E-state index contributed by atoms with van der Waals surface area (Å²) in [4.78, 5) is 37.0. The van der Waals surface area contributed by atoms with Crippen LogP contribution in [-0.4, -0.2) is 65.6 Å². The molecule has 0 saturated carbocycles. The van der Waals surface area contributed by atoms with Gasteiger partial charge in [0, 0.05) is 30.7 Å². The molecule has 11 nitrogen and oxygen atoms in total. The maximum absolute atomic E-state index is 9.25. The number of carboxylic acids is 4. The second kappa shape index (κ2) is 25.0. The Bertz CT molecular complexity index is 401. The van der Waals surface area contributed by atoms with E-state index in [2.05, 4.69) is 26.3 Å². The second-order valence-corrected chi connectivity index (χ2v) is 3.69. The van der Waals surface area contributed by atoms with E-state index in [-0.39, 0.29) is 6.42 Å². The zero-order valence-electron chi connectivity index (χ0n) is 14.8. The third-order valence-corrected chi connectivity index (χ3v) is 1.28. The number of aliphatic carboxylic acids is 4.